The maximum atomic E-state index is 13.5. The third-order valence-corrected chi connectivity index (χ3v) is 6.13. The Morgan fingerprint density at radius 1 is 0.844 bits per heavy atom. The zero-order valence-electron chi connectivity index (χ0n) is 18.3. The molecule has 0 saturated carbocycles. The molecule has 2 saturated heterocycles. The Labute approximate surface area is 189 Å². The van der Waals surface area contributed by atoms with Crippen molar-refractivity contribution in [3.63, 3.8) is 0 Å². The van der Waals surface area contributed by atoms with E-state index in [-0.39, 0.29) is 17.7 Å². The van der Waals surface area contributed by atoms with Gasteiger partial charge in [-0.15, -0.1) is 0 Å². The van der Waals surface area contributed by atoms with Crippen LogP contribution in [0.3, 0.4) is 0 Å². The van der Waals surface area contributed by atoms with Crippen molar-refractivity contribution in [3.8, 4) is 0 Å². The van der Waals surface area contributed by atoms with Gasteiger partial charge in [0.2, 0.25) is 17.7 Å². The number of carbonyl (C=O) groups is 3. The van der Waals surface area contributed by atoms with E-state index in [0.29, 0.717) is 45.7 Å². The lowest BCUT2D eigenvalue weighted by Crippen LogP contribution is -2.54. The van der Waals surface area contributed by atoms with E-state index >= 15 is 0 Å². The van der Waals surface area contributed by atoms with Gasteiger partial charge in [-0.05, 0) is 30.5 Å². The molecule has 2 fully saturated rings. The van der Waals surface area contributed by atoms with E-state index in [2.05, 4.69) is 10.2 Å². The van der Waals surface area contributed by atoms with Crippen molar-refractivity contribution in [2.45, 2.75) is 25.3 Å². The van der Waals surface area contributed by atoms with Crippen LogP contribution in [-0.4, -0.2) is 71.7 Å². The van der Waals surface area contributed by atoms with Gasteiger partial charge in [0.15, 0.2) is 0 Å². The van der Waals surface area contributed by atoms with Gasteiger partial charge in [0, 0.05) is 44.8 Å². The van der Waals surface area contributed by atoms with Gasteiger partial charge in [0.25, 0.3) is 0 Å². The van der Waals surface area contributed by atoms with Crippen molar-refractivity contribution in [3.05, 3.63) is 66.2 Å². The second-order valence-corrected chi connectivity index (χ2v) is 8.37. The summed E-state index contributed by atoms with van der Waals surface area (Å²) >= 11 is 0. The summed E-state index contributed by atoms with van der Waals surface area (Å²) in [6, 6.07) is 18.4. The van der Waals surface area contributed by atoms with E-state index in [4.69, 9.17) is 0 Å². The number of amides is 3. The monoisotopic (exact) mass is 434 g/mol. The molecule has 2 aromatic carbocycles. The Morgan fingerprint density at radius 3 is 2.16 bits per heavy atom. The molecule has 2 aliphatic heterocycles. The first-order chi connectivity index (χ1) is 15.6. The number of carbonyl (C=O) groups excluding carboxylic acids is 3. The third kappa shape index (κ3) is 5.34. The summed E-state index contributed by atoms with van der Waals surface area (Å²) in [6.07, 6.45) is 2.31. The quantitative estimate of drug-likeness (QED) is 0.758. The molecule has 32 heavy (non-hydrogen) atoms. The second-order valence-electron chi connectivity index (χ2n) is 8.37. The lowest BCUT2D eigenvalue weighted by Gasteiger charge is -2.40. The summed E-state index contributed by atoms with van der Waals surface area (Å²) in [6.45, 7) is 3.26. The Balaban J connectivity index is 1.37. The van der Waals surface area contributed by atoms with Crippen LogP contribution in [-0.2, 0) is 14.4 Å². The summed E-state index contributed by atoms with van der Waals surface area (Å²) in [4.78, 5) is 44.2. The average molecular weight is 435 g/mol. The number of piperazine rings is 1. The van der Waals surface area contributed by atoms with Gasteiger partial charge in [-0.25, -0.2) is 0 Å². The van der Waals surface area contributed by atoms with Crippen LogP contribution in [0.25, 0.3) is 0 Å². The number of piperidine rings is 1. The lowest BCUT2D eigenvalue weighted by atomic mass is 9.99. The van der Waals surface area contributed by atoms with E-state index in [1.807, 2.05) is 65.6 Å². The minimum absolute atomic E-state index is 0.0279. The van der Waals surface area contributed by atoms with Gasteiger partial charge in [-0.2, -0.15) is 0 Å². The summed E-state index contributed by atoms with van der Waals surface area (Å²) in [5.74, 6) is -0.0356. The van der Waals surface area contributed by atoms with Gasteiger partial charge < -0.3 is 15.1 Å². The number of rotatable bonds is 6. The Morgan fingerprint density at radius 2 is 1.50 bits per heavy atom. The Hall–Kier alpha value is -3.19. The predicted octanol–water partition coefficient (Wildman–Crippen LogP) is 2.52. The van der Waals surface area contributed by atoms with Crippen LogP contribution in [0.5, 0.6) is 0 Å². The van der Waals surface area contributed by atoms with E-state index in [1.165, 1.54) is 0 Å². The van der Waals surface area contributed by atoms with Crippen LogP contribution in [0.1, 0.15) is 30.9 Å². The molecule has 0 spiro atoms. The van der Waals surface area contributed by atoms with Crippen molar-refractivity contribution in [2.75, 3.05) is 44.6 Å². The maximum Gasteiger partial charge on any atom is 0.250 e. The van der Waals surface area contributed by atoms with Crippen LogP contribution in [0.15, 0.2) is 60.7 Å². The summed E-state index contributed by atoms with van der Waals surface area (Å²) in [5.41, 5.74) is 1.64. The fraction of sp³-hybridized carbons (Fsp3) is 0.400. The first-order valence-corrected chi connectivity index (χ1v) is 11.3. The molecule has 7 nitrogen and oxygen atoms in total. The molecule has 1 unspecified atom stereocenters. The van der Waals surface area contributed by atoms with Gasteiger partial charge in [-0.3, -0.25) is 19.3 Å². The van der Waals surface area contributed by atoms with Crippen LogP contribution in [0, 0.1) is 0 Å². The molecule has 2 aromatic rings. The molecule has 0 radical (unpaired) electrons. The molecule has 1 atom stereocenters. The van der Waals surface area contributed by atoms with Crippen molar-refractivity contribution in [1.29, 1.82) is 0 Å². The maximum absolute atomic E-state index is 13.5. The molecule has 2 heterocycles. The highest BCUT2D eigenvalue weighted by Gasteiger charge is 2.36. The minimum Gasteiger partial charge on any atom is -0.338 e. The number of nitrogens with zero attached hydrogens (tertiary/aromatic N) is 3. The fourth-order valence-electron chi connectivity index (χ4n) is 4.42. The molecule has 168 valence electrons. The standard InChI is InChI=1S/C25H30N4O3/c30-22(26-21-11-5-2-6-12-21)19-27-15-17-28(18-16-27)25(32)24(20-9-3-1-4-10-20)29-14-8-7-13-23(29)31/h1-6,9-12,24H,7-8,13-19H2,(H,26,30). The normalized spacial score (nSPS) is 18.3. The topological polar surface area (TPSA) is 73.0 Å². The first kappa shape index (κ1) is 22.0. The molecule has 3 amide bonds. The number of hydrogen-bond acceptors (Lipinski definition) is 4. The van der Waals surface area contributed by atoms with Crippen molar-refractivity contribution in [2.24, 2.45) is 0 Å². The number of anilines is 1. The molecular weight excluding hydrogens is 404 g/mol. The van der Waals surface area contributed by atoms with E-state index < -0.39 is 6.04 Å². The Bertz CT molecular complexity index is 927. The molecule has 0 bridgehead atoms. The average Bonchev–Trinajstić information content (AvgIpc) is 2.82. The van der Waals surface area contributed by atoms with E-state index in [9.17, 15) is 14.4 Å². The SMILES string of the molecule is O=C(CN1CCN(C(=O)C(c2ccccc2)N2CCCCC2=O)CC1)Nc1ccccc1. The molecule has 0 aromatic heterocycles. The van der Waals surface area contributed by atoms with Crippen molar-refractivity contribution in [1.82, 2.24) is 14.7 Å². The van der Waals surface area contributed by atoms with Crippen LogP contribution in [0.2, 0.25) is 0 Å². The van der Waals surface area contributed by atoms with Gasteiger partial charge in [0.1, 0.15) is 6.04 Å². The van der Waals surface area contributed by atoms with Crippen LogP contribution >= 0.6 is 0 Å². The van der Waals surface area contributed by atoms with Crippen LogP contribution in [0.4, 0.5) is 5.69 Å². The number of likely N-dealkylation sites (tertiary alicyclic amines) is 1. The van der Waals surface area contributed by atoms with Gasteiger partial charge in [0.05, 0.1) is 6.54 Å². The van der Waals surface area contributed by atoms with E-state index in [1.54, 1.807) is 4.90 Å². The van der Waals surface area contributed by atoms with Crippen LogP contribution < -0.4 is 5.32 Å². The number of benzene rings is 2. The highest BCUT2D eigenvalue weighted by Crippen LogP contribution is 2.28. The lowest BCUT2D eigenvalue weighted by molar-refractivity contribution is -0.149. The molecule has 0 aliphatic carbocycles. The summed E-state index contributed by atoms with van der Waals surface area (Å²) < 4.78 is 0. The molecule has 7 heteroatoms. The summed E-state index contributed by atoms with van der Waals surface area (Å²) in [7, 11) is 0. The molecule has 2 aliphatic rings. The largest absolute Gasteiger partial charge is 0.338 e. The first-order valence-electron chi connectivity index (χ1n) is 11.3. The molecule has 1 N–H and O–H groups in total. The zero-order valence-corrected chi connectivity index (χ0v) is 18.3. The zero-order chi connectivity index (χ0) is 22.3. The highest BCUT2D eigenvalue weighted by molar-refractivity contribution is 5.92. The van der Waals surface area contributed by atoms with Gasteiger partial charge in [-0.1, -0.05) is 48.5 Å². The van der Waals surface area contributed by atoms with E-state index in [0.717, 1.165) is 24.1 Å². The Kier molecular flexibility index (Phi) is 7.17. The van der Waals surface area contributed by atoms with Gasteiger partial charge >= 0.3 is 0 Å². The van der Waals surface area contributed by atoms with Crippen molar-refractivity contribution < 1.29 is 14.4 Å². The molecular formula is C25H30N4O3. The second kappa shape index (κ2) is 10.4. The number of hydrogen-bond donors (Lipinski definition) is 1. The molecule has 4 rings (SSSR count). The minimum atomic E-state index is -0.572. The summed E-state index contributed by atoms with van der Waals surface area (Å²) in [5, 5.41) is 2.91. The number of para-hydroxylation sites is 1. The van der Waals surface area contributed by atoms with Crippen molar-refractivity contribution >= 4 is 23.4 Å². The number of nitrogens with one attached hydrogen (secondary N) is 1. The third-order valence-electron chi connectivity index (χ3n) is 6.13. The fourth-order valence-corrected chi connectivity index (χ4v) is 4.42. The smallest absolute Gasteiger partial charge is 0.250 e. The highest BCUT2D eigenvalue weighted by atomic mass is 16.2. The predicted molar refractivity (Wildman–Crippen MR) is 123 cm³/mol.